The first-order valence-corrected chi connectivity index (χ1v) is 8.48. The summed E-state index contributed by atoms with van der Waals surface area (Å²) in [5.74, 6) is 1.81. The standard InChI is InChI=1S/C20H23NO4/c1-24-19-7-3-2-5-15(19)16-11-21-10-9-14(16)13-25-20-8-4-6-18(23)17(20)12-22/h2-8,12,14,16,21,23H,9-11,13H2,1H3. The number of phenolic OH excluding ortho intramolecular Hbond substituents is 1. The summed E-state index contributed by atoms with van der Waals surface area (Å²) in [6, 6.07) is 12.9. The van der Waals surface area contributed by atoms with Crippen LogP contribution in [0.1, 0.15) is 28.3 Å². The molecule has 1 fully saturated rings. The Kier molecular flexibility index (Phi) is 5.56. The lowest BCUT2D eigenvalue weighted by Crippen LogP contribution is -2.38. The fraction of sp³-hybridized carbons (Fsp3) is 0.350. The van der Waals surface area contributed by atoms with Gasteiger partial charge in [-0.3, -0.25) is 4.79 Å². The molecule has 132 valence electrons. The second-order valence-corrected chi connectivity index (χ2v) is 6.22. The number of nitrogens with one attached hydrogen (secondary N) is 1. The Balaban J connectivity index is 1.78. The second kappa shape index (κ2) is 8.03. The second-order valence-electron chi connectivity index (χ2n) is 6.22. The molecule has 3 rings (SSSR count). The third kappa shape index (κ3) is 3.77. The molecular formula is C20H23NO4. The van der Waals surface area contributed by atoms with Crippen LogP contribution in [0.2, 0.25) is 0 Å². The number of carbonyl (C=O) groups is 1. The van der Waals surface area contributed by atoms with E-state index in [1.807, 2.05) is 18.2 Å². The Morgan fingerprint density at radius 1 is 1.20 bits per heavy atom. The van der Waals surface area contributed by atoms with Gasteiger partial charge in [0, 0.05) is 18.4 Å². The van der Waals surface area contributed by atoms with Crippen molar-refractivity contribution in [3.8, 4) is 17.2 Å². The van der Waals surface area contributed by atoms with E-state index in [9.17, 15) is 9.90 Å². The van der Waals surface area contributed by atoms with Crippen LogP contribution < -0.4 is 14.8 Å². The number of hydrogen-bond donors (Lipinski definition) is 2. The van der Waals surface area contributed by atoms with Gasteiger partial charge in [-0.2, -0.15) is 0 Å². The summed E-state index contributed by atoms with van der Waals surface area (Å²) in [4.78, 5) is 11.2. The third-order valence-corrected chi connectivity index (χ3v) is 4.78. The lowest BCUT2D eigenvalue weighted by Gasteiger charge is -2.33. The number of para-hydroxylation sites is 1. The van der Waals surface area contributed by atoms with Gasteiger partial charge in [0.15, 0.2) is 6.29 Å². The average molecular weight is 341 g/mol. The SMILES string of the molecule is COc1ccccc1C1CNCCC1COc1cccc(O)c1C=O. The van der Waals surface area contributed by atoms with Gasteiger partial charge in [0.1, 0.15) is 17.2 Å². The number of aldehydes is 1. The number of methoxy groups -OCH3 is 1. The molecule has 0 radical (unpaired) electrons. The van der Waals surface area contributed by atoms with E-state index < -0.39 is 0 Å². The highest BCUT2D eigenvalue weighted by atomic mass is 16.5. The number of piperidine rings is 1. The average Bonchev–Trinajstić information content (AvgIpc) is 2.66. The van der Waals surface area contributed by atoms with Gasteiger partial charge in [-0.05, 0) is 36.7 Å². The molecule has 1 aliphatic rings. The third-order valence-electron chi connectivity index (χ3n) is 4.78. The Labute approximate surface area is 147 Å². The van der Waals surface area contributed by atoms with Crippen LogP contribution in [-0.4, -0.2) is 38.2 Å². The van der Waals surface area contributed by atoms with Crippen LogP contribution in [0.15, 0.2) is 42.5 Å². The smallest absolute Gasteiger partial charge is 0.157 e. The van der Waals surface area contributed by atoms with Crippen molar-refractivity contribution < 1.29 is 19.4 Å². The van der Waals surface area contributed by atoms with Crippen molar-refractivity contribution in [1.29, 1.82) is 0 Å². The maximum absolute atomic E-state index is 11.2. The molecule has 0 aromatic heterocycles. The van der Waals surface area contributed by atoms with Crippen molar-refractivity contribution in [3.05, 3.63) is 53.6 Å². The van der Waals surface area contributed by atoms with E-state index in [2.05, 4.69) is 11.4 Å². The largest absolute Gasteiger partial charge is 0.507 e. The zero-order chi connectivity index (χ0) is 17.6. The first-order chi connectivity index (χ1) is 12.2. The van der Waals surface area contributed by atoms with Gasteiger partial charge < -0.3 is 19.9 Å². The molecule has 1 saturated heterocycles. The molecule has 0 spiro atoms. The quantitative estimate of drug-likeness (QED) is 0.791. The molecule has 5 heteroatoms. The topological polar surface area (TPSA) is 67.8 Å². The van der Waals surface area contributed by atoms with Crippen LogP contribution in [0.3, 0.4) is 0 Å². The van der Waals surface area contributed by atoms with Gasteiger partial charge >= 0.3 is 0 Å². The van der Waals surface area contributed by atoms with Crippen molar-refractivity contribution in [3.63, 3.8) is 0 Å². The first-order valence-electron chi connectivity index (χ1n) is 8.48. The molecule has 0 aliphatic carbocycles. The number of hydrogen-bond acceptors (Lipinski definition) is 5. The Morgan fingerprint density at radius 2 is 2.00 bits per heavy atom. The highest BCUT2D eigenvalue weighted by Crippen LogP contribution is 2.36. The fourth-order valence-electron chi connectivity index (χ4n) is 3.42. The number of aromatic hydroxyl groups is 1. The van der Waals surface area contributed by atoms with Gasteiger partial charge in [0.2, 0.25) is 0 Å². The van der Waals surface area contributed by atoms with Crippen molar-refractivity contribution in [2.75, 3.05) is 26.8 Å². The van der Waals surface area contributed by atoms with Crippen LogP contribution in [-0.2, 0) is 0 Å². The summed E-state index contributed by atoms with van der Waals surface area (Å²) in [5.41, 5.74) is 1.36. The molecule has 1 heterocycles. The molecule has 5 nitrogen and oxygen atoms in total. The summed E-state index contributed by atoms with van der Waals surface area (Å²) in [6.07, 6.45) is 1.60. The fourth-order valence-corrected chi connectivity index (χ4v) is 3.42. The summed E-state index contributed by atoms with van der Waals surface area (Å²) >= 11 is 0. The highest BCUT2D eigenvalue weighted by molar-refractivity contribution is 5.83. The predicted molar refractivity (Wildman–Crippen MR) is 95.7 cm³/mol. The molecule has 0 saturated carbocycles. The van der Waals surface area contributed by atoms with E-state index >= 15 is 0 Å². The van der Waals surface area contributed by atoms with Gasteiger partial charge in [-0.25, -0.2) is 0 Å². The number of benzene rings is 2. The molecule has 2 atom stereocenters. The van der Waals surface area contributed by atoms with Crippen LogP contribution in [0.5, 0.6) is 17.2 Å². The minimum Gasteiger partial charge on any atom is -0.507 e. The lowest BCUT2D eigenvalue weighted by atomic mass is 9.81. The molecule has 2 aromatic carbocycles. The Morgan fingerprint density at radius 3 is 2.80 bits per heavy atom. The Bertz CT molecular complexity index is 731. The number of ether oxygens (including phenoxy) is 2. The minimum absolute atomic E-state index is 0.0564. The van der Waals surface area contributed by atoms with Gasteiger partial charge in [0.25, 0.3) is 0 Å². The number of carbonyl (C=O) groups excluding carboxylic acids is 1. The zero-order valence-electron chi connectivity index (χ0n) is 14.3. The van der Waals surface area contributed by atoms with Crippen molar-refractivity contribution in [2.24, 2.45) is 5.92 Å². The van der Waals surface area contributed by atoms with E-state index in [4.69, 9.17) is 9.47 Å². The van der Waals surface area contributed by atoms with Gasteiger partial charge in [-0.15, -0.1) is 0 Å². The summed E-state index contributed by atoms with van der Waals surface area (Å²) < 4.78 is 11.4. The predicted octanol–water partition coefficient (Wildman–Crippen LogP) is 2.99. The van der Waals surface area contributed by atoms with Crippen LogP contribution >= 0.6 is 0 Å². The first kappa shape index (κ1) is 17.3. The monoisotopic (exact) mass is 341 g/mol. The van der Waals surface area contributed by atoms with E-state index in [-0.39, 0.29) is 17.2 Å². The minimum atomic E-state index is -0.0564. The normalized spacial score (nSPS) is 20.0. The zero-order valence-corrected chi connectivity index (χ0v) is 14.3. The van der Waals surface area contributed by atoms with Crippen LogP contribution in [0.25, 0.3) is 0 Å². The Hall–Kier alpha value is -2.53. The van der Waals surface area contributed by atoms with Crippen molar-refractivity contribution >= 4 is 6.29 Å². The number of rotatable bonds is 6. The van der Waals surface area contributed by atoms with E-state index in [0.29, 0.717) is 24.6 Å². The molecule has 2 unspecified atom stereocenters. The molecule has 2 N–H and O–H groups in total. The van der Waals surface area contributed by atoms with Crippen LogP contribution in [0, 0.1) is 5.92 Å². The lowest BCUT2D eigenvalue weighted by molar-refractivity contribution is 0.111. The van der Waals surface area contributed by atoms with Gasteiger partial charge in [0.05, 0.1) is 19.3 Å². The van der Waals surface area contributed by atoms with E-state index in [1.165, 1.54) is 6.07 Å². The summed E-state index contributed by atoms with van der Waals surface area (Å²) in [7, 11) is 1.68. The van der Waals surface area contributed by atoms with Crippen molar-refractivity contribution in [1.82, 2.24) is 5.32 Å². The molecule has 0 bridgehead atoms. The molecule has 0 amide bonds. The molecular weight excluding hydrogens is 318 g/mol. The maximum Gasteiger partial charge on any atom is 0.157 e. The number of phenols is 1. The summed E-state index contributed by atoms with van der Waals surface area (Å²) in [5, 5.41) is 13.2. The van der Waals surface area contributed by atoms with E-state index in [1.54, 1.807) is 19.2 Å². The van der Waals surface area contributed by atoms with E-state index in [0.717, 1.165) is 30.8 Å². The maximum atomic E-state index is 11.2. The highest BCUT2D eigenvalue weighted by Gasteiger charge is 2.29. The molecule has 2 aromatic rings. The van der Waals surface area contributed by atoms with Crippen LogP contribution in [0.4, 0.5) is 0 Å². The molecule has 25 heavy (non-hydrogen) atoms. The van der Waals surface area contributed by atoms with Crippen molar-refractivity contribution in [2.45, 2.75) is 12.3 Å². The van der Waals surface area contributed by atoms with Gasteiger partial charge in [-0.1, -0.05) is 24.3 Å². The summed E-state index contributed by atoms with van der Waals surface area (Å²) in [6.45, 7) is 2.27. The molecule has 1 aliphatic heterocycles.